The number of thioether (sulfide) groups is 1. The Morgan fingerprint density at radius 1 is 1.46 bits per heavy atom. The van der Waals surface area contributed by atoms with Crippen LogP contribution in [0.3, 0.4) is 0 Å². The van der Waals surface area contributed by atoms with Crippen LogP contribution in [0.4, 0.5) is 5.13 Å². The molecule has 0 unspecified atom stereocenters. The number of anilines is 1. The second kappa shape index (κ2) is 7.12. The summed E-state index contributed by atoms with van der Waals surface area (Å²) in [4.78, 5) is 39.0. The number of amides is 2. The molecule has 2 saturated heterocycles. The summed E-state index contributed by atoms with van der Waals surface area (Å²) in [5.41, 5.74) is 6.30. The number of β-lactam (4-membered cyclic amide) rings is 1. The van der Waals surface area contributed by atoms with E-state index in [-0.39, 0.29) is 60.5 Å². The first-order chi connectivity index (χ1) is 11.9. The van der Waals surface area contributed by atoms with Gasteiger partial charge in [-0.2, -0.15) is 0 Å². The molecule has 12 heteroatoms. The minimum Gasteiger partial charge on any atom is -1.00 e. The van der Waals surface area contributed by atoms with Gasteiger partial charge in [0.05, 0.1) is 6.04 Å². The van der Waals surface area contributed by atoms with Crippen LogP contribution in [0.15, 0.2) is 15.6 Å². The number of carboxylic acid groups (broad SMARTS) is 1. The van der Waals surface area contributed by atoms with Gasteiger partial charge in [-0.15, -0.1) is 10.2 Å². The van der Waals surface area contributed by atoms with Gasteiger partial charge in [-0.1, -0.05) is 23.1 Å². The standard InChI is InChI=1S/C14H15N5O4S2.Na.H/c1-5(20)18-3-6-2-7(4-24-14-17-16-13(15)25-14)9(12(22)23)19-8(6)10(18)11(19)21;;/h6,8,10H,2-4H2,1H3,(H2,15,16)(H,22,23);;/q;+1;-1/t6-,8-,10+;;/m1../s1. The quantitative estimate of drug-likeness (QED) is 0.311. The first-order valence-corrected chi connectivity index (χ1v) is 9.46. The van der Waals surface area contributed by atoms with Crippen LogP contribution in [0, 0.1) is 5.92 Å². The Kier molecular flexibility index (Phi) is 5.37. The number of aromatic nitrogens is 2. The van der Waals surface area contributed by atoms with Crippen LogP contribution in [-0.4, -0.2) is 67.3 Å². The van der Waals surface area contributed by atoms with E-state index in [0.717, 1.165) is 0 Å². The molecule has 0 aromatic carbocycles. The summed E-state index contributed by atoms with van der Waals surface area (Å²) < 4.78 is 0.654. The number of nitrogen functional groups attached to an aromatic ring is 1. The molecule has 1 aromatic heterocycles. The number of carbonyl (C=O) groups is 3. The Hall–Kier alpha value is -1.14. The van der Waals surface area contributed by atoms with Crippen molar-refractivity contribution >= 4 is 46.0 Å². The molecule has 4 rings (SSSR count). The number of carbonyl (C=O) groups excluding carboxylic acids is 2. The monoisotopic (exact) mass is 405 g/mol. The van der Waals surface area contributed by atoms with Gasteiger partial charge in [-0.3, -0.25) is 14.5 Å². The zero-order valence-corrected chi connectivity index (χ0v) is 17.8. The van der Waals surface area contributed by atoms with Gasteiger partial charge in [0, 0.05) is 25.1 Å². The molecule has 2 fully saturated rings. The Morgan fingerprint density at radius 3 is 2.77 bits per heavy atom. The predicted octanol–water partition coefficient (Wildman–Crippen LogP) is -2.87. The molecule has 3 N–H and O–H groups in total. The van der Waals surface area contributed by atoms with E-state index in [1.54, 1.807) is 4.90 Å². The fraction of sp³-hybridized carbons (Fsp3) is 0.500. The fourth-order valence-corrected chi connectivity index (χ4v) is 5.58. The molecule has 2 amide bonds. The van der Waals surface area contributed by atoms with Crippen LogP contribution in [0.1, 0.15) is 14.8 Å². The average molecular weight is 405 g/mol. The van der Waals surface area contributed by atoms with Gasteiger partial charge in [0.25, 0.3) is 5.91 Å². The van der Waals surface area contributed by atoms with Gasteiger partial charge < -0.3 is 17.2 Å². The number of likely N-dealkylation sites (tertiary alicyclic amines) is 1. The van der Waals surface area contributed by atoms with Crippen molar-refractivity contribution in [3.05, 3.63) is 11.3 Å². The molecule has 134 valence electrons. The van der Waals surface area contributed by atoms with Crippen LogP contribution in [0.2, 0.25) is 0 Å². The molecule has 1 aromatic rings. The summed E-state index contributed by atoms with van der Waals surface area (Å²) in [6.45, 7) is 1.93. The summed E-state index contributed by atoms with van der Waals surface area (Å²) in [7, 11) is 0. The third kappa shape index (κ3) is 2.95. The molecule has 0 saturated carbocycles. The zero-order valence-electron chi connectivity index (χ0n) is 15.2. The van der Waals surface area contributed by atoms with Gasteiger partial charge in [-0.05, 0) is 12.0 Å². The summed E-state index contributed by atoms with van der Waals surface area (Å²) in [5, 5.41) is 17.6. The largest absolute Gasteiger partial charge is 1.00 e. The van der Waals surface area contributed by atoms with Crippen LogP contribution in [0.25, 0.3) is 0 Å². The number of carboxylic acids is 1. The summed E-state index contributed by atoms with van der Waals surface area (Å²) in [5.74, 6) is -1.09. The van der Waals surface area contributed by atoms with E-state index in [9.17, 15) is 19.5 Å². The maximum Gasteiger partial charge on any atom is 1.00 e. The molecule has 26 heavy (non-hydrogen) atoms. The maximum absolute atomic E-state index is 12.5. The van der Waals surface area contributed by atoms with Crippen molar-refractivity contribution in [1.82, 2.24) is 20.0 Å². The number of hydrogen-bond donors (Lipinski definition) is 2. The second-order valence-corrected chi connectivity index (χ2v) is 8.46. The fourth-order valence-electron chi connectivity index (χ4n) is 3.92. The number of rotatable bonds is 4. The normalized spacial score (nSPS) is 26.3. The second-order valence-electron chi connectivity index (χ2n) is 6.23. The van der Waals surface area contributed by atoms with E-state index in [2.05, 4.69) is 10.2 Å². The van der Waals surface area contributed by atoms with Crippen LogP contribution in [0.5, 0.6) is 0 Å². The Balaban J connectivity index is 0.00000131. The van der Waals surface area contributed by atoms with E-state index in [1.165, 1.54) is 34.9 Å². The maximum atomic E-state index is 12.5. The number of hydrogen-bond acceptors (Lipinski definition) is 8. The Bertz CT molecular complexity index is 834. The van der Waals surface area contributed by atoms with Crippen molar-refractivity contribution < 1.29 is 50.5 Å². The molecule has 3 aliphatic heterocycles. The molecule has 4 heterocycles. The van der Waals surface area contributed by atoms with Crippen molar-refractivity contribution in [2.75, 3.05) is 18.0 Å². The van der Waals surface area contributed by atoms with Gasteiger partial charge in [-0.25, -0.2) is 4.79 Å². The van der Waals surface area contributed by atoms with Gasteiger partial charge >= 0.3 is 35.5 Å². The molecule has 9 nitrogen and oxygen atoms in total. The number of nitrogens with zero attached hydrogens (tertiary/aromatic N) is 4. The molecule has 0 aliphatic carbocycles. The first-order valence-electron chi connectivity index (χ1n) is 7.66. The van der Waals surface area contributed by atoms with Crippen LogP contribution in [-0.2, 0) is 14.4 Å². The van der Waals surface area contributed by atoms with E-state index in [4.69, 9.17) is 5.73 Å². The number of nitrogens with two attached hydrogens (primary N) is 1. The topological polar surface area (TPSA) is 130 Å². The summed E-state index contributed by atoms with van der Waals surface area (Å²) in [6.07, 6.45) is 0.553. The van der Waals surface area contributed by atoms with Crippen molar-refractivity contribution in [1.29, 1.82) is 0 Å². The molecule has 0 radical (unpaired) electrons. The predicted molar refractivity (Wildman–Crippen MR) is 90.7 cm³/mol. The van der Waals surface area contributed by atoms with Crippen LogP contribution >= 0.6 is 23.1 Å². The van der Waals surface area contributed by atoms with Gasteiger partial charge in [0.15, 0.2) is 4.34 Å². The minimum atomic E-state index is -1.11. The molecular weight excluding hydrogens is 389 g/mol. The van der Waals surface area contributed by atoms with E-state index in [0.29, 0.717) is 33.8 Å². The van der Waals surface area contributed by atoms with Crippen molar-refractivity contribution in [3.63, 3.8) is 0 Å². The van der Waals surface area contributed by atoms with E-state index >= 15 is 0 Å². The molecule has 0 spiro atoms. The Labute approximate surface area is 180 Å². The molecular formula is C14H16N5NaO4S2. The molecule has 0 bridgehead atoms. The number of aliphatic carboxylic acids is 1. The van der Waals surface area contributed by atoms with Gasteiger partial charge in [0.1, 0.15) is 11.7 Å². The van der Waals surface area contributed by atoms with Crippen molar-refractivity contribution in [3.8, 4) is 0 Å². The zero-order chi connectivity index (χ0) is 17.9. The summed E-state index contributed by atoms with van der Waals surface area (Å²) >= 11 is 2.59. The molecule has 3 atom stereocenters. The summed E-state index contributed by atoms with van der Waals surface area (Å²) in [6, 6.07) is -0.720. The minimum absolute atomic E-state index is 0. The SMILES string of the molecule is CC(=O)N1C[C@H]2CC(CSc3nnc(N)s3)=C(C(=O)O)N3C(=O)[C@@H]1[C@@H]23.[H-].[Na+]. The first kappa shape index (κ1) is 19.6. The molecule has 3 aliphatic rings. The van der Waals surface area contributed by atoms with Crippen molar-refractivity contribution in [2.45, 2.75) is 29.8 Å². The third-order valence-corrected chi connectivity index (χ3v) is 6.82. The average Bonchev–Trinajstić information content (AvgIpc) is 3.12. The smallest absolute Gasteiger partial charge is 1.00 e. The Morgan fingerprint density at radius 2 is 2.19 bits per heavy atom. The van der Waals surface area contributed by atoms with Crippen LogP contribution < -0.4 is 35.3 Å². The van der Waals surface area contributed by atoms with Crippen molar-refractivity contribution in [2.24, 2.45) is 5.92 Å². The third-order valence-electron chi connectivity index (χ3n) is 4.85. The van der Waals surface area contributed by atoms with E-state index < -0.39 is 12.0 Å². The van der Waals surface area contributed by atoms with E-state index in [1.807, 2.05) is 0 Å². The van der Waals surface area contributed by atoms with Gasteiger partial charge in [0.2, 0.25) is 11.0 Å².